The first-order valence-electron chi connectivity index (χ1n) is 8.09. The van der Waals surface area contributed by atoms with Crippen LogP contribution in [0.4, 0.5) is 0 Å². The van der Waals surface area contributed by atoms with Crippen molar-refractivity contribution >= 4 is 23.2 Å². The fourth-order valence-corrected chi connectivity index (χ4v) is 11.0. The van der Waals surface area contributed by atoms with Gasteiger partial charge in [0.15, 0.2) is 0 Å². The van der Waals surface area contributed by atoms with E-state index >= 15 is 0 Å². The van der Waals surface area contributed by atoms with E-state index < -0.39 is 0 Å². The minimum Gasteiger partial charge on any atom is -0.122 e. The van der Waals surface area contributed by atoms with Gasteiger partial charge in [-0.1, -0.05) is 0 Å². The largest absolute Gasteiger partial charge is 0.122 e. The molecule has 0 amide bonds. The van der Waals surface area contributed by atoms with Crippen LogP contribution < -0.4 is 0 Å². The lowest BCUT2D eigenvalue weighted by Gasteiger charge is -2.47. The van der Waals surface area contributed by atoms with Crippen LogP contribution in [0.5, 0.6) is 0 Å². The van der Waals surface area contributed by atoms with Crippen molar-refractivity contribution in [2.45, 2.75) is 23.6 Å². The van der Waals surface area contributed by atoms with Gasteiger partial charge in [0, 0.05) is 10.8 Å². The monoisotopic (exact) mass is 280 g/mol. The minimum atomic E-state index is 0.511. The van der Waals surface area contributed by atoms with Gasteiger partial charge in [-0.05, 0) is 83.9 Å². The quantitative estimate of drug-likeness (QED) is 0.596. The molecule has 7 aliphatic carbocycles. The molecule has 0 bridgehead atoms. The van der Waals surface area contributed by atoms with Gasteiger partial charge in [-0.15, -0.1) is 23.2 Å². The van der Waals surface area contributed by atoms with Gasteiger partial charge >= 0.3 is 0 Å². The Labute approximate surface area is 118 Å². The van der Waals surface area contributed by atoms with Gasteiger partial charge in [0.1, 0.15) is 0 Å². The van der Waals surface area contributed by atoms with E-state index in [-0.39, 0.29) is 0 Å². The first-order valence-corrected chi connectivity index (χ1v) is 8.96. The van der Waals surface area contributed by atoms with Crippen molar-refractivity contribution < 1.29 is 0 Å². The first-order chi connectivity index (χ1) is 8.80. The van der Waals surface area contributed by atoms with E-state index in [0.29, 0.717) is 10.8 Å². The Morgan fingerprint density at radius 2 is 0.833 bits per heavy atom. The Balaban J connectivity index is 1.58. The summed E-state index contributed by atoms with van der Waals surface area (Å²) in [4.78, 5) is 0. The Bertz CT molecular complexity index is 431. The minimum absolute atomic E-state index is 0.511. The zero-order valence-corrected chi connectivity index (χ0v) is 11.8. The molecule has 0 aromatic carbocycles. The van der Waals surface area contributed by atoms with Gasteiger partial charge in [0.25, 0.3) is 0 Å². The summed E-state index contributed by atoms with van der Waals surface area (Å²) < 4.78 is 0. The molecule has 0 spiro atoms. The smallest absolute Gasteiger partial charge is 0.0404 e. The maximum absolute atomic E-state index is 6.97. The molecule has 7 aliphatic rings. The molecule has 2 unspecified atom stereocenters. The number of halogens is 2. The molecule has 0 nitrogen and oxygen atoms in total. The van der Waals surface area contributed by atoms with Crippen molar-refractivity contribution in [2.75, 3.05) is 0 Å². The third-order valence-electron chi connectivity index (χ3n) is 9.17. The van der Waals surface area contributed by atoms with Crippen LogP contribution in [0, 0.1) is 71.0 Å². The van der Waals surface area contributed by atoms with Crippen LogP contribution in [0.2, 0.25) is 0 Å². The van der Waals surface area contributed by atoms with E-state index in [1.54, 1.807) is 0 Å². The lowest BCUT2D eigenvalue weighted by molar-refractivity contribution is 0.0287. The third-order valence-corrected chi connectivity index (χ3v) is 10.3. The van der Waals surface area contributed by atoms with E-state index in [2.05, 4.69) is 0 Å². The van der Waals surface area contributed by atoms with Crippen LogP contribution in [0.1, 0.15) is 12.8 Å². The van der Waals surface area contributed by atoms with E-state index in [9.17, 15) is 0 Å². The molecule has 14 atom stereocenters. The summed E-state index contributed by atoms with van der Waals surface area (Å²) in [5, 5.41) is 1.02. The highest BCUT2D eigenvalue weighted by Crippen LogP contribution is 2.88. The topological polar surface area (TPSA) is 0 Å². The van der Waals surface area contributed by atoms with Crippen LogP contribution in [-0.4, -0.2) is 10.8 Å². The second kappa shape index (κ2) is 2.43. The number of hydrogen-bond acceptors (Lipinski definition) is 0. The lowest BCUT2D eigenvalue weighted by atomic mass is 9.60. The van der Waals surface area contributed by atoms with Gasteiger partial charge < -0.3 is 0 Å². The molecule has 0 radical (unpaired) electrons. The standard InChI is InChI=1S/C16H18Cl2/c17-15-6-3-1-2-4-5(3)8-9(6)11-12-10(8)7(4)16(18)14(12)13(11)15/h3-16H,1-2H2/t3-,4+,5?,6-,7+,8?,9+,10-,11-,12+,13-,14-,15-,16+/m0/s1. The Morgan fingerprint density at radius 3 is 1.33 bits per heavy atom. The molecule has 7 fully saturated rings. The van der Waals surface area contributed by atoms with Gasteiger partial charge in [-0.3, -0.25) is 0 Å². The number of fused-ring (bicyclic) bond motifs is 3. The zero-order valence-electron chi connectivity index (χ0n) is 10.3. The third kappa shape index (κ3) is 0.605. The molecule has 0 aromatic rings. The molecular weight excluding hydrogens is 263 g/mol. The van der Waals surface area contributed by atoms with Gasteiger partial charge in [-0.25, -0.2) is 0 Å². The fraction of sp³-hybridized carbons (Fsp3) is 1.00. The van der Waals surface area contributed by atoms with Crippen molar-refractivity contribution in [3.05, 3.63) is 0 Å². The normalized spacial score (nSPS) is 87.0. The summed E-state index contributed by atoms with van der Waals surface area (Å²) in [7, 11) is 0. The predicted octanol–water partition coefficient (Wildman–Crippen LogP) is 3.47. The van der Waals surface area contributed by atoms with Crippen molar-refractivity contribution in [3.63, 3.8) is 0 Å². The fourth-order valence-electron chi connectivity index (χ4n) is 9.60. The maximum Gasteiger partial charge on any atom is 0.0404 e. The highest BCUT2D eigenvalue weighted by Gasteiger charge is 2.86. The van der Waals surface area contributed by atoms with Crippen molar-refractivity contribution in [1.82, 2.24) is 0 Å². The van der Waals surface area contributed by atoms with Crippen LogP contribution in [-0.2, 0) is 0 Å². The molecule has 2 heteroatoms. The zero-order chi connectivity index (χ0) is 11.5. The second-order valence-electron chi connectivity index (χ2n) is 8.57. The summed E-state index contributed by atoms with van der Waals surface area (Å²) in [6.45, 7) is 0. The van der Waals surface area contributed by atoms with Gasteiger partial charge in [0.05, 0.1) is 0 Å². The van der Waals surface area contributed by atoms with E-state index in [4.69, 9.17) is 23.2 Å². The van der Waals surface area contributed by atoms with Crippen LogP contribution in [0.3, 0.4) is 0 Å². The summed E-state index contributed by atoms with van der Waals surface area (Å²) >= 11 is 13.9. The molecule has 0 N–H and O–H groups in total. The van der Waals surface area contributed by atoms with Crippen LogP contribution >= 0.6 is 23.2 Å². The van der Waals surface area contributed by atoms with Crippen LogP contribution in [0.25, 0.3) is 0 Å². The number of hydrogen-bond donors (Lipinski definition) is 0. The van der Waals surface area contributed by atoms with Crippen LogP contribution in [0.15, 0.2) is 0 Å². The maximum atomic E-state index is 6.97. The molecule has 18 heavy (non-hydrogen) atoms. The Kier molecular flexibility index (Phi) is 1.28. The SMILES string of the molecule is Cl[C@@H]1[C@@H]2[C@H]3[C@H](Cl)[C@H]4[C@H]5C6C7[C@H]4CC[C@@H]7[C@H]1[C@H]6[C@H]2[C@@H]53. The summed E-state index contributed by atoms with van der Waals surface area (Å²) in [5.74, 6) is 11.9. The summed E-state index contributed by atoms with van der Waals surface area (Å²) in [6.07, 6.45) is 3.00. The molecule has 7 rings (SSSR count). The molecule has 7 saturated carbocycles. The van der Waals surface area contributed by atoms with Gasteiger partial charge in [0.2, 0.25) is 0 Å². The molecule has 0 saturated heterocycles. The van der Waals surface area contributed by atoms with Crippen molar-refractivity contribution in [1.29, 1.82) is 0 Å². The van der Waals surface area contributed by atoms with E-state index in [1.807, 2.05) is 0 Å². The average Bonchev–Trinajstić information content (AvgIpc) is 2.98. The number of rotatable bonds is 0. The average molecular weight is 281 g/mol. The van der Waals surface area contributed by atoms with Crippen molar-refractivity contribution in [2.24, 2.45) is 71.0 Å². The summed E-state index contributed by atoms with van der Waals surface area (Å²) in [5.41, 5.74) is 0. The highest BCUT2D eigenvalue weighted by molar-refractivity contribution is 6.23. The predicted molar refractivity (Wildman–Crippen MR) is 70.4 cm³/mol. The molecule has 0 aromatic heterocycles. The van der Waals surface area contributed by atoms with Crippen molar-refractivity contribution in [3.8, 4) is 0 Å². The second-order valence-corrected chi connectivity index (χ2v) is 9.58. The van der Waals surface area contributed by atoms with E-state index in [1.165, 1.54) is 12.8 Å². The summed E-state index contributed by atoms with van der Waals surface area (Å²) in [6, 6.07) is 0. The van der Waals surface area contributed by atoms with Gasteiger partial charge in [-0.2, -0.15) is 0 Å². The highest BCUT2D eigenvalue weighted by atomic mass is 35.5. The lowest BCUT2D eigenvalue weighted by Crippen LogP contribution is -2.47. The Hall–Kier alpha value is 0.580. The number of alkyl halides is 2. The van der Waals surface area contributed by atoms with E-state index in [0.717, 1.165) is 71.0 Å². The Morgan fingerprint density at radius 1 is 0.444 bits per heavy atom. The molecule has 0 heterocycles. The molecule has 0 aliphatic heterocycles. The molecular formula is C16H18Cl2. The molecule has 96 valence electrons. The first kappa shape index (κ1) is 9.50.